The molecule has 6 heteroatoms. The molecule has 20 heavy (non-hydrogen) atoms. The van der Waals surface area contributed by atoms with E-state index in [4.69, 9.17) is 0 Å². The zero-order valence-electron chi connectivity index (χ0n) is 11.6. The lowest BCUT2D eigenvalue weighted by molar-refractivity contribution is -0.137. The molecule has 0 aliphatic heterocycles. The van der Waals surface area contributed by atoms with Crippen molar-refractivity contribution in [2.45, 2.75) is 19.5 Å². The summed E-state index contributed by atoms with van der Waals surface area (Å²) in [7, 11) is 1.78. The fourth-order valence-electron chi connectivity index (χ4n) is 1.81. The van der Waals surface area contributed by atoms with Crippen molar-refractivity contribution in [1.29, 1.82) is 0 Å². The van der Waals surface area contributed by atoms with Crippen LogP contribution in [0.2, 0.25) is 0 Å². The number of benzene rings is 1. The molecule has 0 aromatic heterocycles. The average Bonchev–Trinajstić information content (AvgIpc) is 2.38. The van der Waals surface area contributed by atoms with Gasteiger partial charge in [0, 0.05) is 19.0 Å². The SMILES string of the molecule is CNCCNC(=O)C(C)Cc1cccc(C(F)(F)F)c1. The van der Waals surface area contributed by atoms with Crippen LogP contribution in [-0.4, -0.2) is 26.0 Å². The molecule has 1 atom stereocenters. The smallest absolute Gasteiger partial charge is 0.355 e. The van der Waals surface area contributed by atoms with E-state index >= 15 is 0 Å². The molecule has 3 nitrogen and oxygen atoms in total. The summed E-state index contributed by atoms with van der Waals surface area (Å²) < 4.78 is 37.7. The topological polar surface area (TPSA) is 41.1 Å². The minimum absolute atomic E-state index is 0.155. The van der Waals surface area contributed by atoms with E-state index in [0.717, 1.165) is 12.1 Å². The minimum atomic E-state index is -4.35. The standard InChI is InChI=1S/C14H19F3N2O/c1-10(13(20)19-7-6-18-2)8-11-4-3-5-12(9-11)14(15,16)17/h3-5,9-10,18H,6-8H2,1-2H3,(H,19,20). The maximum Gasteiger partial charge on any atom is 0.416 e. The zero-order chi connectivity index (χ0) is 15.2. The summed E-state index contributed by atoms with van der Waals surface area (Å²) in [6.45, 7) is 2.86. The predicted octanol–water partition coefficient (Wildman–Crippen LogP) is 2.22. The summed E-state index contributed by atoms with van der Waals surface area (Å²) in [5, 5.41) is 5.62. The van der Waals surface area contributed by atoms with Crippen LogP contribution in [0.15, 0.2) is 24.3 Å². The van der Waals surface area contributed by atoms with Gasteiger partial charge in [0.15, 0.2) is 0 Å². The Bertz CT molecular complexity index is 446. The second kappa shape index (κ2) is 7.28. The second-order valence-corrected chi connectivity index (χ2v) is 4.70. The third-order valence-corrected chi connectivity index (χ3v) is 2.92. The van der Waals surface area contributed by atoms with Crippen LogP contribution < -0.4 is 10.6 Å². The molecule has 0 radical (unpaired) electrons. The van der Waals surface area contributed by atoms with Gasteiger partial charge in [0.05, 0.1) is 5.56 Å². The number of carbonyl (C=O) groups excluding carboxylic acids is 1. The highest BCUT2D eigenvalue weighted by Crippen LogP contribution is 2.29. The van der Waals surface area contributed by atoms with Gasteiger partial charge in [-0.05, 0) is 25.1 Å². The van der Waals surface area contributed by atoms with Gasteiger partial charge in [0.25, 0.3) is 0 Å². The number of likely N-dealkylation sites (N-methyl/N-ethyl adjacent to an activating group) is 1. The third-order valence-electron chi connectivity index (χ3n) is 2.92. The highest BCUT2D eigenvalue weighted by molar-refractivity contribution is 5.78. The number of hydrogen-bond donors (Lipinski definition) is 2. The Hall–Kier alpha value is -1.56. The van der Waals surface area contributed by atoms with E-state index in [1.807, 2.05) is 0 Å². The molecule has 1 aromatic rings. The Morgan fingerprint density at radius 1 is 1.30 bits per heavy atom. The fraction of sp³-hybridized carbons (Fsp3) is 0.500. The van der Waals surface area contributed by atoms with Crippen LogP contribution in [0.4, 0.5) is 13.2 Å². The molecule has 1 unspecified atom stereocenters. The van der Waals surface area contributed by atoms with Gasteiger partial charge >= 0.3 is 6.18 Å². The second-order valence-electron chi connectivity index (χ2n) is 4.70. The molecule has 0 bridgehead atoms. The Balaban J connectivity index is 2.62. The largest absolute Gasteiger partial charge is 0.416 e. The first kappa shape index (κ1) is 16.5. The molecule has 0 aliphatic rings. The van der Waals surface area contributed by atoms with E-state index in [2.05, 4.69) is 10.6 Å². The molecule has 0 spiro atoms. The van der Waals surface area contributed by atoms with Crippen LogP contribution in [0.1, 0.15) is 18.1 Å². The van der Waals surface area contributed by atoms with Crippen molar-refractivity contribution >= 4 is 5.91 Å². The van der Waals surface area contributed by atoms with Crippen molar-refractivity contribution in [3.05, 3.63) is 35.4 Å². The van der Waals surface area contributed by atoms with Crippen LogP contribution >= 0.6 is 0 Å². The number of amides is 1. The molecule has 2 N–H and O–H groups in total. The monoisotopic (exact) mass is 288 g/mol. The molecule has 1 amide bonds. The van der Waals surface area contributed by atoms with Gasteiger partial charge in [0.1, 0.15) is 0 Å². The maximum absolute atomic E-state index is 12.6. The van der Waals surface area contributed by atoms with Crippen molar-refractivity contribution < 1.29 is 18.0 Å². The quantitative estimate of drug-likeness (QED) is 0.788. The molecule has 0 heterocycles. The van der Waals surface area contributed by atoms with E-state index in [9.17, 15) is 18.0 Å². The number of alkyl halides is 3. The first-order valence-electron chi connectivity index (χ1n) is 6.43. The molecule has 0 aliphatic carbocycles. The number of carbonyl (C=O) groups is 1. The lowest BCUT2D eigenvalue weighted by Crippen LogP contribution is -2.34. The molecule has 0 saturated heterocycles. The van der Waals surface area contributed by atoms with Crippen molar-refractivity contribution in [2.24, 2.45) is 5.92 Å². The van der Waals surface area contributed by atoms with Crippen LogP contribution in [0.5, 0.6) is 0 Å². The van der Waals surface area contributed by atoms with Gasteiger partial charge in [-0.25, -0.2) is 0 Å². The van der Waals surface area contributed by atoms with E-state index in [1.54, 1.807) is 20.0 Å². The first-order valence-corrected chi connectivity index (χ1v) is 6.43. The molecule has 0 fully saturated rings. The van der Waals surface area contributed by atoms with Gasteiger partial charge in [-0.3, -0.25) is 4.79 Å². The van der Waals surface area contributed by atoms with Crippen molar-refractivity contribution in [3.63, 3.8) is 0 Å². The van der Waals surface area contributed by atoms with Crippen LogP contribution in [0, 0.1) is 5.92 Å². The van der Waals surface area contributed by atoms with Gasteiger partial charge in [-0.1, -0.05) is 25.1 Å². The van der Waals surface area contributed by atoms with E-state index in [1.165, 1.54) is 6.07 Å². The molecule has 112 valence electrons. The van der Waals surface area contributed by atoms with Crippen LogP contribution in [0.25, 0.3) is 0 Å². The van der Waals surface area contributed by atoms with Gasteiger partial charge in [-0.2, -0.15) is 13.2 Å². The lowest BCUT2D eigenvalue weighted by atomic mass is 9.98. The van der Waals surface area contributed by atoms with E-state index in [-0.39, 0.29) is 18.2 Å². The Labute approximate surface area is 116 Å². The Morgan fingerprint density at radius 2 is 2.00 bits per heavy atom. The predicted molar refractivity (Wildman–Crippen MR) is 71.2 cm³/mol. The Kier molecular flexibility index (Phi) is 6.01. The summed E-state index contributed by atoms with van der Waals surface area (Å²) in [6, 6.07) is 5.09. The van der Waals surface area contributed by atoms with E-state index < -0.39 is 11.7 Å². The highest BCUT2D eigenvalue weighted by atomic mass is 19.4. The summed E-state index contributed by atoms with van der Waals surface area (Å²) in [4.78, 5) is 11.7. The molecular formula is C14H19F3N2O. The number of hydrogen-bond acceptors (Lipinski definition) is 2. The van der Waals surface area contributed by atoms with Gasteiger partial charge < -0.3 is 10.6 Å². The Morgan fingerprint density at radius 3 is 2.60 bits per heavy atom. The molecular weight excluding hydrogens is 269 g/mol. The average molecular weight is 288 g/mol. The number of rotatable bonds is 6. The van der Waals surface area contributed by atoms with Crippen molar-refractivity contribution in [2.75, 3.05) is 20.1 Å². The zero-order valence-corrected chi connectivity index (χ0v) is 11.6. The number of nitrogens with one attached hydrogen (secondary N) is 2. The highest BCUT2D eigenvalue weighted by Gasteiger charge is 2.30. The summed E-state index contributed by atoms with van der Waals surface area (Å²) in [6.07, 6.45) is -4.07. The summed E-state index contributed by atoms with van der Waals surface area (Å²) in [5.41, 5.74) is -0.172. The summed E-state index contributed by atoms with van der Waals surface area (Å²) in [5.74, 6) is -0.520. The van der Waals surface area contributed by atoms with Gasteiger partial charge in [0.2, 0.25) is 5.91 Å². The van der Waals surface area contributed by atoms with Gasteiger partial charge in [-0.15, -0.1) is 0 Å². The lowest BCUT2D eigenvalue weighted by Gasteiger charge is -2.13. The molecule has 0 saturated carbocycles. The molecule has 1 rings (SSSR count). The minimum Gasteiger partial charge on any atom is -0.355 e. The van der Waals surface area contributed by atoms with Crippen LogP contribution in [0.3, 0.4) is 0 Å². The normalized spacial score (nSPS) is 13.1. The van der Waals surface area contributed by atoms with E-state index in [0.29, 0.717) is 18.7 Å². The maximum atomic E-state index is 12.6. The fourth-order valence-corrected chi connectivity index (χ4v) is 1.81. The van der Waals surface area contributed by atoms with Crippen molar-refractivity contribution in [1.82, 2.24) is 10.6 Å². The first-order chi connectivity index (χ1) is 9.34. The number of halogens is 3. The molecule has 1 aromatic carbocycles. The third kappa shape index (κ3) is 5.21. The van der Waals surface area contributed by atoms with Crippen molar-refractivity contribution in [3.8, 4) is 0 Å². The van der Waals surface area contributed by atoms with Crippen LogP contribution in [-0.2, 0) is 17.4 Å². The summed E-state index contributed by atoms with van der Waals surface area (Å²) >= 11 is 0.